The fourth-order valence-electron chi connectivity index (χ4n) is 1.23. The van der Waals surface area contributed by atoms with Gasteiger partial charge in [-0.1, -0.05) is 13.8 Å². The molecule has 0 fully saturated rings. The van der Waals surface area contributed by atoms with E-state index in [1.54, 1.807) is 0 Å². The van der Waals surface area contributed by atoms with E-state index in [0.29, 0.717) is 0 Å². The SMILES string of the molecule is COC(=O)C(C(C)C)C(C)N. The summed E-state index contributed by atoms with van der Waals surface area (Å²) in [6.45, 7) is 5.75. The highest BCUT2D eigenvalue weighted by molar-refractivity contribution is 5.73. The van der Waals surface area contributed by atoms with E-state index in [1.807, 2.05) is 20.8 Å². The number of ether oxygens (including phenoxy) is 1. The molecule has 0 aliphatic rings. The molecule has 0 heterocycles. The number of nitrogens with two attached hydrogens (primary N) is 1. The molecule has 0 aliphatic heterocycles. The van der Waals surface area contributed by atoms with Gasteiger partial charge in [0, 0.05) is 6.04 Å². The summed E-state index contributed by atoms with van der Waals surface area (Å²) in [6.07, 6.45) is 0. The monoisotopic (exact) mass is 159 g/mol. The van der Waals surface area contributed by atoms with Crippen molar-refractivity contribution in [1.82, 2.24) is 0 Å². The second-order valence-corrected chi connectivity index (χ2v) is 3.15. The fraction of sp³-hybridized carbons (Fsp3) is 0.875. The molecule has 0 aromatic carbocycles. The van der Waals surface area contributed by atoms with Crippen LogP contribution in [0.15, 0.2) is 0 Å². The molecular formula is C8H17NO2. The van der Waals surface area contributed by atoms with Gasteiger partial charge in [0.05, 0.1) is 13.0 Å². The first-order valence-corrected chi connectivity index (χ1v) is 3.84. The number of methoxy groups -OCH3 is 1. The zero-order valence-electron chi connectivity index (χ0n) is 7.63. The number of hydrogen-bond acceptors (Lipinski definition) is 3. The van der Waals surface area contributed by atoms with Gasteiger partial charge < -0.3 is 10.5 Å². The van der Waals surface area contributed by atoms with Crippen LogP contribution in [0, 0.1) is 11.8 Å². The van der Waals surface area contributed by atoms with Crippen LogP contribution in [0.5, 0.6) is 0 Å². The van der Waals surface area contributed by atoms with E-state index in [4.69, 9.17) is 5.73 Å². The summed E-state index contributed by atoms with van der Waals surface area (Å²) in [5, 5.41) is 0. The van der Waals surface area contributed by atoms with Crippen molar-refractivity contribution in [2.24, 2.45) is 17.6 Å². The summed E-state index contributed by atoms with van der Waals surface area (Å²) >= 11 is 0. The lowest BCUT2D eigenvalue weighted by atomic mass is 9.90. The normalized spacial score (nSPS) is 16.2. The van der Waals surface area contributed by atoms with E-state index in [1.165, 1.54) is 7.11 Å². The Bertz CT molecular complexity index is 124. The van der Waals surface area contributed by atoms with Crippen LogP contribution in [0.1, 0.15) is 20.8 Å². The summed E-state index contributed by atoms with van der Waals surface area (Å²) in [7, 11) is 1.39. The fourth-order valence-corrected chi connectivity index (χ4v) is 1.23. The van der Waals surface area contributed by atoms with Crippen LogP contribution >= 0.6 is 0 Å². The van der Waals surface area contributed by atoms with E-state index < -0.39 is 0 Å². The lowest BCUT2D eigenvalue weighted by molar-refractivity contribution is -0.147. The first kappa shape index (κ1) is 10.4. The van der Waals surface area contributed by atoms with Crippen molar-refractivity contribution >= 4 is 5.97 Å². The largest absolute Gasteiger partial charge is 0.469 e. The van der Waals surface area contributed by atoms with Gasteiger partial charge in [0.15, 0.2) is 0 Å². The van der Waals surface area contributed by atoms with E-state index in [0.717, 1.165) is 0 Å². The zero-order valence-corrected chi connectivity index (χ0v) is 7.63. The zero-order chi connectivity index (χ0) is 9.02. The maximum Gasteiger partial charge on any atom is 0.310 e. The molecule has 0 aromatic heterocycles. The minimum Gasteiger partial charge on any atom is -0.469 e. The lowest BCUT2D eigenvalue weighted by Gasteiger charge is -2.21. The third-order valence-electron chi connectivity index (χ3n) is 1.76. The molecule has 0 aromatic rings. The van der Waals surface area contributed by atoms with Crippen LogP contribution in [0.2, 0.25) is 0 Å². The highest BCUT2D eigenvalue weighted by Crippen LogP contribution is 2.15. The second kappa shape index (κ2) is 4.34. The summed E-state index contributed by atoms with van der Waals surface area (Å²) in [4.78, 5) is 11.1. The molecule has 3 nitrogen and oxygen atoms in total. The van der Waals surface area contributed by atoms with Crippen molar-refractivity contribution in [3.8, 4) is 0 Å². The van der Waals surface area contributed by atoms with Crippen molar-refractivity contribution in [2.45, 2.75) is 26.8 Å². The standard InChI is InChI=1S/C8H17NO2/c1-5(2)7(6(3)9)8(10)11-4/h5-7H,9H2,1-4H3. The summed E-state index contributed by atoms with van der Waals surface area (Å²) in [6, 6.07) is -0.137. The van der Waals surface area contributed by atoms with E-state index >= 15 is 0 Å². The molecule has 0 aliphatic carbocycles. The van der Waals surface area contributed by atoms with Crippen LogP contribution < -0.4 is 5.73 Å². The third kappa shape index (κ3) is 2.89. The van der Waals surface area contributed by atoms with Crippen LogP contribution in [-0.2, 0) is 9.53 Å². The van der Waals surface area contributed by atoms with Crippen LogP contribution in [0.25, 0.3) is 0 Å². The minimum absolute atomic E-state index is 0.137. The molecule has 2 unspecified atom stereocenters. The quantitative estimate of drug-likeness (QED) is 0.619. The topological polar surface area (TPSA) is 52.3 Å². The Morgan fingerprint density at radius 3 is 1.91 bits per heavy atom. The lowest BCUT2D eigenvalue weighted by Crippen LogP contribution is -2.37. The molecule has 0 rings (SSSR count). The Hall–Kier alpha value is -0.570. The molecule has 0 spiro atoms. The summed E-state index contributed by atoms with van der Waals surface area (Å²) in [5.41, 5.74) is 5.61. The van der Waals surface area contributed by atoms with Gasteiger partial charge in [-0.25, -0.2) is 0 Å². The van der Waals surface area contributed by atoms with Crippen molar-refractivity contribution < 1.29 is 9.53 Å². The predicted molar refractivity (Wildman–Crippen MR) is 44.0 cm³/mol. The highest BCUT2D eigenvalue weighted by atomic mass is 16.5. The Morgan fingerprint density at radius 2 is 1.82 bits per heavy atom. The van der Waals surface area contributed by atoms with Crippen LogP contribution in [0.3, 0.4) is 0 Å². The molecule has 11 heavy (non-hydrogen) atoms. The average Bonchev–Trinajstić information content (AvgIpc) is 1.85. The molecule has 0 radical (unpaired) electrons. The molecule has 0 amide bonds. The van der Waals surface area contributed by atoms with Gasteiger partial charge in [-0.3, -0.25) is 4.79 Å². The molecule has 66 valence electrons. The van der Waals surface area contributed by atoms with Crippen LogP contribution in [0.4, 0.5) is 0 Å². The van der Waals surface area contributed by atoms with Crippen molar-refractivity contribution in [2.75, 3.05) is 7.11 Å². The Morgan fingerprint density at radius 1 is 1.36 bits per heavy atom. The number of esters is 1. The molecule has 3 heteroatoms. The van der Waals surface area contributed by atoms with Gasteiger partial charge in [-0.2, -0.15) is 0 Å². The molecule has 2 atom stereocenters. The highest BCUT2D eigenvalue weighted by Gasteiger charge is 2.26. The minimum atomic E-state index is -0.213. The van der Waals surface area contributed by atoms with E-state index in [9.17, 15) is 4.79 Å². The second-order valence-electron chi connectivity index (χ2n) is 3.15. The van der Waals surface area contributed by atoms with Crippen LogP contribution in [-0.4, -0.2) is 19.1 Å². The molecule has 2 N–H and O–H groups in total. The maximum atomic E-state index is 11.1. The molecular weight excluding hydrogens is 142 g/mol. The molecule has 0 bridgehead atoms. The number of carbonyl (C=O) groups excluding carboxylic acids is 1. The van der Waals surface area contributed by atoms with Gasteiger partial charge in [0.2, 0.25) is 0 Å². The number of rotatable bonds is 3. The van der Waals surface area contributed by atoms with Gasteiger partial charge in [0.1, 0.15) is 0 Å². The summed E-state index contributed by atoms with van der Waals surface area (Å²) in [5.74, 6) is -0.155. The Labute approximate surface area is 67.9 Å². The first-order chi connectivity index (χ1) is 5.00. The third-order valence-corrected chi connectivity index (χ3v) is 1.76. The van der Waals surface area contributed by atoms with E-state index in [2.05, 4.69) is 4.74 Å². The molecule has 0 saturated carbocycles. The van der Waals surface area contributed by atoms with Gasteiger partial charge in [-0.15, -0.1) is 0 Å². The number of carbonyl (C=O) groups is 1. The maximum absolute atomic E-state index is 11.1. The smallest absolute Gasteiger partial charge is 0.310 e. The summed E-state index contributed by atoms with van der Waals surface area (Å²) < 4.78 is 4.62. The predicted octanol–water partition coefficient (Wildman–Crippen LogP) is 0.779. The number of hydrogen-bond donors (Lipinski definition) is 1. The van der Waals surface area contributed by atoms with Gasteiger partial charge >= 0.3 is 5.97 Å². The van der Waals surface area contributed by atoms with Crippen molar-refractivity contribution in [3.63, 3.8) is 0 Å². The first-order valence-electron chi connectivity index (χ1n) is 3.84. The molecule has 0 saturated heterocycles. The van der Waals surface area contributed by atoms with Crippen molar-refractivity contribution in [1.29, 1.82) is 0 Å². The van der Waals surface area contributed by atoms with Gasteiger partial charge in [0.25, 0.3) is 0 Å². The van der Waals surface area contributed by atoms with E-state index in [-0.39, 0.29) is 23.8 Å². The Balaban J connectivity index is 4.22. The Kier molecular flexibility index (Phi) is 4.11. The van der Waals surface area contributed by atoms with Crippen molar-refractivity contribution in [3.05, 3.63) is 0 Å². The average molecular weight is 159 g/mol. The van der Waals surface area contributed by atoms with Gasteiger partial charge in [-0.05, 0) is 12.8 Å².